The normalized spacial score (nSPS) is 19.2. The van der Waals surface area contributed by atoms with Crippen LogP contribution in [0, 0.1) is 0 Å². The summed E-state index contributed by atoms with van der Waals surface area (Å²) in [7, 11) is 0. The van der Waals surface area contributed by atoms with Crippen molar-refractivity contribution < 1.29 is 4.79 Å². The SMILES string of the molecule is Cl.NCC1CCCCN1C(=O)c1ncccc1Br. The number of hydrogen-bond donors (Lipinski definition) is 1. The quantitative estimate of drug-likeness (QED) is 0.902. The second-order valence-electron chi connectivity index (χ2n) is 4.22. The standard InChI is InChI=1S/C12H16BrN3O.ClH/c13-10-5-3-6-15-11(10)12(17)16-7-2-1-4-9(16)8-14;/h3,5-6,9H,1-2,4,7-8,14H2;1H. The predicted octanol–water partition coefficient (Wildman–Crippen LogP) is 2.22. The highest BCUT2D eigenvalue weighted by atomic mass is 79.9. The van der Waals surface area contributed by atoms with Crippen LogP contribution >= 0.6 is 28.3 Å². The fourth-order valence-electron chi connectivity index (χ4n) is 2.19. The van der Waals surface area contributed by atoms with Gasteiger partial charge >= 0.3 is 0 Å². The fourth-order valence-corrected chi connectivity index (χ4v) is 2.62. The molecule has 1 fully saturated rings. The molecular weight excluding hydrogens is 318 g/mol. The van der Waals surface area contributed by atoms with Crippen LogP contribution in [0.3, 0.4) is 0 Å². The lowest BCUT2D eigenvalue weighted by molar-refractivity contribution is 0.0616. The number of pyridine rings is 1. The number of carbonyl (C=O) groups is 1. The number of carbonyl (C=O) groups excluding carboxylic acids is 1. The minimum Gasteiger partial charge on any atom is -0.333 e. The number of halogens is 2. The molecule has 6 heteroatoms. The van der Waals surface area contributed by atoms with Crippen molar-refractivity contribution in [3.63, 3.8) is 0 Å². The van der Waals surface area contributed by atoms with Gasteiger partial charge in [-0.3, -0.25) is 4.79 Å². The first kappa shape index (κ1) is 15.4. The minimum atomic E-state index is -0.0207. The number of amides is 1. The zero-order chi connectivity index (χ0) is 12.3. The highest BCUT2D eigenvalue weighted by molar-refractivity contribution is 9.10. The number of rotatable bonds is 2. The van der Waals surface area contributed by atoms with Crippen molar-refractivity contribution in [3.05, 3.63) is 28.5 Å². The lowest BCUT2D eigenvalue weighted by atomic mass is 10.0. The summed E-state index contributed by atoms with van der Waals surface area (Å²) in [6.45, 7) is 1.31. The maximum atomic E-state index is 12.4. The molecule has 0 aliphatic carbocycles. The molecule has 1 amide bonds. The summed E-state index contributed by atoms with van der Waals surface area (Å²) in [6.07, 6.45) is 4.83. The Labute approximate surface area is 121 Å². The molecule has 18 heavy (non-hydrogen) atoms. The molecule has 0 radical (unpaired) electrons. The highest BCUT2D eigenvalue weighted by Gasteiger charge is 2.28. The zero-order valence-electron chi connectivity index (χ0n) is 10.0. The van der Waals surface area contributed by atoms with Crippen molar-refractivity contribution in [3.8, 4) is 0 Å². The van der Waals surface area contributed by atoms with Gasteiger partial charge in [0, 0.05) is 29.8 Å². The molecule has 1 aromatic rings. The van der Waals surface area contributed by atoms with E-state index in [2.05, 4.69) is 20.9 Å². The average molecular weight is 335 g/mol. The van der Waals surface area contributed by atoms with Crippen LogP contribution in [0.15, 0.2) is 22.8 Å². The molecule has 0 saturated carbocycles. The van der Waals surface area contributed by atoms with E-state index in [1.54, 1.807) is 12.3 Å². The molecular formula is C12H17BrClN3O. The van der Waals surface area contributed by atoms with E-state index in [-0.39, 0.29) is 24.4 Å². The van der Waals surface area contributed by atoms with E-state index in [4.69, 9.17) is 5.73 Å². The minimum absolute atomic E-state index is 0. The van der Waals surface area contributed by atoms with Gasteiger partial charge in [0.05, 0.1) is 0 Å². The van der Waals surface area contributed by atoms with Gasteiger partial charge in [0.25, 0.3) is 5.91 Å². The van der Waals surface area contributed by atoms with E-state index < -0.39 is 0 Å². The zero-order valence-corrected chi connectivity index (χ0v) is 12.4. The van der Waals surface area contributed by atoms with Gasteiger partial charge < -0.3 is 10.6 Å². The van der Waals surface area contributed by atoms with Crippen molar-refractivity contribution >= 4 is 34.2 Å². The van der Waals surface area contributed by atoms with Gasteiger partial charge in [-0.1, -0.05) is 0 Å². The third-order valence-electron chi connectivity index (χ3n) is 3.12. The Kier molecular flexibility index (Phi) is 6.05. The summed E-state index contributed by atoms with van der Waals surface area (Å²) in [5.41, 5.74) is 6.20. The number of nitrogens with two attached hydrogens (primary N) is 1. The second kappa shape index (κ2) is 7.07. The molecule has 1 aliphatic heterocycles. The van der Waals surface area contributed by atoms with Gasteiger partial charge in [-0.2, -0.15) is 0 Å². The van der Waals surface area contributed by atoms with Crippen LogP contribution in [-0.4, -0.2) is 34.9 Å². The second-order valence-corrected chi connectivity index (χ2v) is 5.07. The molecule has 1 aliphatic rings. The van der Waals surface area contributed by atoms with Crippen LogP contribution in [0.2, 0.25) is 0 Å². The number of nitrogens with zero attached hydrogens (tertiary/aromatic N) is 2. The van der Waals surface area contributed by atoms with Crippen LogP contribution in [0.5, 0.6) is 0 Å². The van der Waals surface area contributed by atoms with Gasteiger partial charge in [-0.15, -0.1) is 12.4 Å². The summed E-state index contributed by atoms with van der Waals surface area (Å²) >= 11 is 3.36. The number of likely N-dealkylation sites (tertiary alicyclic amines) is 1. The molecule has 2 heterocycles. The Bertz CT molecular complexity index is 416. The Balaban J connectivity index is 0.00000162. The summed E-state index contributed by atoms with van der Waals surface area (Å²) < 4.78 is 0.742. The number of aromatic nitrogens is 1. The van der Waals surface area contributed by atoms with Crippen LogP contribution in [0.4, 0.5) is 0 Å². The smallest absolute Gasteiger partial charge is 0.273 e. The molecule has 2 rings (SSSR count). The molecule has 1 aromatic heterocycles. The molecule has 1 unspecified atom stereocenters. The monoisotopic (exact) mass is 333 g/mol. The lowest BCUT2D eigenvalue weighted by Crippen LogP contribution is -2.47. The Hall–Kier alpha value is -0.650. The molecule has 0 aromatic carbocycles. The van der Waals surface area contributed by atoms with Crippen molar-refractivity contribution in [2.75, 3.05) is 13.1 Å². The summed E-state index contributed by atoms with van der Waals surface area (Å²) in [5, 5.41) is 0. The van der Waals surface area contributed by atoms with E-state index in [1.165, 1.54) is 0 Å². The molecule has 0 bridgehead atoms. The van der Waals surface area contributed by atoms with Crippen molar-refractivity contribution in [1.29, 1.82) is 0 Å². The average Bonchev–Trinajstić information content (AvgIpc) is 2.38. The summed E-state index contributed by atoms with van der Waals surface area (Å²) in [6, 6.07) is 3.80. The van der Waals surface area contributed by atoms with E-state index in [0.717, 1.165) is 30.3 Å². The molecule has 2 N–H and O–H groups in total. The van der Waals surface area contributed by atoms with Gasteiger partial charge in [-0.05, 0) is 47.3 Å². The van der Waals surface area contributed by atoms with Crippen LogP contribution in [0.25, 0.3) is 0 Å². The van der Waals surface area contributed by atoms with Crippen molar-refractivity contribution in [1.82, 2.24) is 9.88 Å². The van der Waals surface area contributed by atoms with Crippen LogP contribution in [0.1, 0.15) is 29.8 Å². The van der Waals surface area contributed by atoms with E-state index in [9.17, 15) is 4.79 Å². The van der Waals surface area contributed by atoms with Gasteiger partial charge in [-0.25, -0.2) is 4.98 Å². The van der Waals surface area contributed by atoms with E-state index >= 15 is 0 Å². The van der Waals surface area contributed by atoms with Crippen LogP contribution < -0.4 is 5.73 Å². The van der Waals surface area contributed by atoms with Gasteiger partial charge in [0.15, 0.2) is 0 Å². The topological polar surface area (TPSA) is 59.2 Å². The molecule has 0 spiro atoms. The Morgan fingerprint density at radius 3 is 3.00 bits per heavy atom. The largest absolute Gasteiger partial charge is 0.333 e. The first-order valence-electron chi connectivity index (χ1n) is 5.85. The lowest BCUT2D eigenvalue weighted by Gasteiger charge is -2.34. The predicted molar refractivity (Wildman–Crippen MR) is 76.9 cm³/mol. The summed E-state index contributed by atoms with van der Waals surface area (Å²) in [4.78, 5) is 18.4. The molecule has 100 valence electrons. The van der Waals surface area contributed by atoms with Crippen LogP contribution in [-0.2, 0) is 0 Å². The van der Waals surface area contributed by atoms with Gasteiger partial charge in [0.2, 0.25) is 0 Å². The third kappa shape index (κ3) is 3.22. The molecule has 1 saturated heterocycles. The van der Waals surface area contributed by atoms with E-state index in [0.29, 0.717) is 12.2 Å². The molecule has 4 nitrogen and oxygen atoms in total. The first-order valence-corrected chi connectivity index (χ1v) is 6.65. The third-order valence-corrected chi connectivity index (χ3v) is 3.76. The summed E-state index contributed by atoms with van der Waals surface area (Å²) in [5.74, 6) is -0.0207. The maximum absolute atomic E-state index is 12.4. The fraction of sp³-hybridized carbons (Fsp3) is 0.500. The highest BCUT2D eigenvalue weighted by Crippen LogP contribution is 2.21. The van der Waals surface area contributed by atoms with Crippen molar-refractivity contribution in [2.24, 2.45) is 5.73 Å². The maximum Gasteiger partial charge on any atom is 0.273 e. The first-order chi connectivity index (χ1) is 8.24. The molecule has 1 atom stereocenters. The van der Waals surface area contributed by atoms with E-state index in [1.807, 2.05) is 11.0 Å². The number of piperidine rings is 1. The number of hydrogen-bond acceptors (Lipinski definition) is 3. The Morgan fingerprint density at radius 2 is 2.33 bits per heavy atom. The van der Waals surface area contributed by atoms with Gasteiger partial charge in [0.1, 0.15) is 5.69 Å². The Morgan fingerprint density at radius 1 is 1.56 bits per heavy atom. The van der Waals surface area contributed by atoms with Crippen molar-refractivity contribution in [2.45, 2.75) is 25.3 Å².